The molecule has 0 saturated carbocycles. The van der Waals surface area contributed by atoms with Gasteiger partial charge in [0.05, 0.1) is 33.1 Å². The Labute approximate surface area is 688 Å². The Hall–Kier alpha value is -14.2. The molecule has 0 fully saturated rings. The Kier molecular flexibility index (Phi) is 15.4. The molecule has 1 spiro atoms. The van der Waals surface area contributed by atoms with E-state index in [1.165, 1.54) is 213 Å². The van der Waals surface area contributed by atoms with Crippen LogP contribution in [-0.4, -0.2) is 29.8 Å². The lowest BCUT2D eigenvalue weighted by Gasteiger charge is -2.45. The van der Waals surface area contributed by atoms with Gasteiger partial charge in [0.1, 0.15) is 0 Å². The maximum atomic E-state index is 2.67. The SMILES string of the molecule is Cc1cc(-n2c3ccccc3c3ccccc32)ccc1-c1ccc(-n2c3ccccc3c3c(-c4ccc5c(c4)[Si]4(c6ccccc6C5)c5ccccc5Cc5c(-c6ccc7c(c6)-c6ccccc6C7c6cc(-n7c8ccccc8c8ccccc87)cc([Si](c7ccccc7)(c7ccccc7)c7ccccc7)c6)cccc54)cccc32)cc1C. The highest BCUT2D eigenvalue weighted by molar-refractivity contribution is 7.21. The number of rotatable bonds is 11. The van der Waals surface area contributed by atoms with Gasteiger partial charge in [0.2, 0.25) is 0 Å². The fourth-order valence-electron chi connectivity index (χ4n) is 22.1. The van der Waals surface area contributed by atoms with Gasteiger partial charge in [-0.05, 0) is 242 Å². The van der Waals surface area contributed by atoms with Crippen LogP contribution in [0.15, 0.2) is 413 Å². The molecule has 24 rings (SSSR count). The molecule has 0 saturated heterocycles. The summed E-state index contributed by atoms with van der Waals surface area (Å²) in [4.78, 5) is 0. The average molecular weight is 1540 g/mol. The molecule has 2 unspecified atom stereocenters. The predicted octanol–water partition coefficient (Wildman–Crippen LogP) is 22.3. The smallest absolute Gasteiger partial charge is 0.180 e. The number of hydrogen-bond donors (Lipinski definition) is 0. The summed E-state index contributed by atoms with van der Waals surface area (Å²) < 4.78 is 7.48. The minimum Gasteiger partial charge on any atom is -0.309 e. The third kappa shape index (κ3) is 9.99. The molecule has 5 heterocycles. The van der Waals surface area contributed by atoms with E-state index in [4.69, 9.17) is 0 Å². The van der Waals surface area contributed by atoms with E-state index in [1.807, 2.05) is 0 Å². The van der Waals surface area contributed by atoms with Gasteiger partial charge < -0.3 is 13.7 Å². The molecule has 118 heavy (non-hydrogen) atoms. The summed E-state index contributed by atoms with van der Waals surface area (Å²) in [7, 11) is -6.22. The van der Waals surface area contributed by atoms with Gasteiger partial charge in [-0.15, -0.1) is 0 Å². The van der Waals surface area contributed by atoms with E-state index in [0.717, 1.165) is 18.5 Å². The number of fused-ring (bicyclic) bond motifs is 20. The van der Waals surface area contributed by atoms with Crippen molar-refractivity contribution in [2.75, 3.05) is 0 Å². The zero-order valence-electron chi connectivity index (χ0n) is 65.6. The monoisotopic (exact) mass is 1530 g/mol. The molecule has 5 heteroatoms. The van der Waals surface area contributed by atoms with Gasteiger partial charge in [0.25, 0.3) is 0 Å². The number of nitrogens with zero attached hydrogens (tertiary/aromatic N) is 3. The van der Waals surface area contributed by atoms with Crippen LogP contribution in [0.1, 0.15) is 56.0 Å². The van der Waals surface area contributed by atoms with Crippen LogP contribution in [0.25, 0.3) is 127 Å². The highest BCUT2D eigenvalue weighted by Gasteiger charge is 2.51. The topological polar surface area (TPSA) is 14.8 Å². The summed E-state index contributed by atoms with van der Waals surface area (Å²) in [5, 5.41) is 19.0. The van der Waals surface area contributed by atoms with Gasteiger partial charge >= 0.3 is 0 Å². The van der Waals surface area contributed by atoms with Crippen LogP contribution in [0.2, 0.25) is 0 Å². The summed E-state index contributed by atoms with van der Waals surface area (Å²) in [6, 6.07) is 159. The lowest BCUT2D eigenvalue weighted by molar-refractivity contribution is 1.01. The molecule has 3 aromatic heterocycles. The lowest BCUT2D eigenvalue weighted by atomic mass is 9.87. The Morgan fingerprint density at radius 2 is 0.678 bits per heavy atom. The first-order valence-corrected chi connectivity index (χ1v) is 45.6. The molecule has 0 N–H and O–H groups in total. The maximum Gasteiger partial charge on any atom is 0.180 e. The van der Waals surface area contributed by atoms with E-state index >= 15 is 0 Å². The standard InChI is InChI=1S/C113H79N3Si2/c1-73-64-81(114-102-47-21-16-39-93(102)94-40-17-22-48-103(94)114)59-62-88(73)89-63-60-82(65-74(89)2)115-106-51-25-20-44-99(106)113-91(46-28-52-107(113)115)76-56-57-79-66-77-30-12-26-53-108(77)118(111(79)71-76)109-54-27-13-31-78(109)70-101-90(45-29-55-110(101)118)75-58-61-98-100(69-75)92-38-14-15-43-97(92)112(98)80-67-83(116-104-49-23-18-41-95(104)96-42-19-24-50-105(96)116)72-87(68-80)117(84-32-6-3-7-33-84,85-34-8-4-9-35-85)86-36-10-5-11-37-86/h3-65,67-69,71-72,112H,66,70H2,1-2H3. The molecule has 3 nitrogen and oxygen atoms in total. The van der Waals surface area contributed by atoms with E-state index in [1.54, 1.807) is 0 Å². The first-order valence-electron chi connectivity index (χ1n) is 41.6. The van der Waals surface area contributed by atoms with Gasteiger partial charge in [-0.25, -0.2) is 0 Å². The molecular formula is C113H79N3Si2. The Morgan fingerprint density at radius 3 is 1.26 bits per heavy atom. The molecule has 18 aromatic carbocycles. The predicted molar refractivity (Wildman–Crippen MR) is 501 cm³/mol. The second-order valence-electron chi connectivity index (χ2n) is 32.9. The lowest BCUT2D eigenvalue weighted by Crippen LogP contribution is -2.79. The van der Waals surface area contributed by atoms with E-state index in [0.29, 0.717) is 0 Å². The third-order valence-corrected chi connectivity index (χ3v) is 36.8. The fraction of sp³-hybridized carbons (Fsp3) is 0.0442. The van der Waals surface area contributed by atoms with Crippen molar-refractivity contribution in [2.24, 2.45) is 0 Å². The molecule has 1 aliphatic carbocycles. The van der Waals surface area contributed by atoms with Crippen molar-refractivity contribution >= 4 is 123 Å². The first kappa shape index (κ1) is 68.2. The quantitative estimate of drug-likeness (QED) is 0.0906. The summed E-state index contributed by atoms with van der Waals surface area (Å²) >= 11 is 0. The van der Waals surface area contributed by atoms with Crippen LogP contribution in [0, 0.1) is 13.8 Å². The minimum atomic E-state index is -3.13. The van der Waals surface area contributed by atoms with Crippen LogP contribution in [0.3, 0.4) is 0 Å². The zero-order valence-corrected chi connectivity index (χ0v) is 67.6. The summed E-state index contributed by atoms with van der Waals surface area (Å²) in [6.07, 6.45) is 1.72. The first-order chi connectivity index (χ1) is 58.4. The Balaban J connectivity index is 0.652. The molecule has 2 atom stereocenters. The minimum absolute atomic E-state index is 0.0600. The third-order valence-electron chi connectivity index (χ3n) is 26.9. The Morgan fingerprint density at radius 1 is 0.254 bits per heavy atom. The molecule has 0 amide bonds. The van der Waals surface area contributed by atoms with Gasteiger partial charge in [0, 0.05) is 55.3 Å². The van der Waals surface area contributed by atoms with Crippen LogP contribution in [-0.2, 0) is 12.8 Å². The van der Waals surface area contributed by atoms with Gasteiger partial charge in [-0.1, -0.05) is 334 Å². The van der Waals surface area contributed by atoms with Crippen LogP contribution < -0.4 is 41.5 Å². The molecule has 0 radical (unpaired) electrons. The molecule has 21 aromatic rings. The van der Waals surface area contributed by atoms with Crippen molar-refractivity contribution in [2.45, 2.75) is 32.6 Å². The molecule has 3 aliphatic rings. The number of aryl methyl sites for hydroxylation is 2. The van der Waals surface area contributed by atoms with Crippen molar-refractivity contribution in [3.63, 3.8) is 0 Å². The summed E-state index contributed by atoms with van der Waals surface area (Å²) in [5.41, 5.74) is 33.0. The van der Waals surface area contributed by atoms with E-state index in [9.17, 15) is 0 Å². The molecule has 0 bridgehead atoms. The highest BCUT2D eigenvalue weighted by atomic mass is 28.3. The second kappa shape index (κ2) is 26.7. The molecule has 554 valence electrons. The van der Waals surface area contributed by atoms with E-state index in [-0.39, 0.29) is 5.92 Å². The van der Waals surface area contributed by atoms with Gasteiger partial charge in [-0.2, -0.15) is 0 Å². The largest absolute Gasteiger partial charge is 0.309 e. The van der Waals surface area contributed by atoms with E-state index in [2.05, 4.69) is 440 Å². The number of hydrogen-bond acceptors (Lipinski definition) is 0. The van der Waals surface area contributed by atoms with Crippen LogP contribution in [0.5, 0.6) is 0 Å². The number of benzene rings is 18. The van der Waals surface area contributed by atoms with Crippen molar-refractivity contribution in [3.8, 4) is 61.6 Å². The number of aromatic nitrogens is 3. The molecular weight excluding hydrogens is 1460 g/mol. The van der Waals surface area contributed by atoms with Gasteiger partial charge in [-0.3, -0.25) is 0 Å². The normalized spacial score (nSPS) is 14.6. The van der Waals surface area contributed by atoms with E-state index < -0.39 is 16.1 Å². The maximum absolute atomic E-state index is 3.13. The van der Waals surface area contributed by atoms with Crippen molar-refractivity contribution in [3.05, 3.63) is 463 Å². The van der Waals surface area contributed by atoms with Gasteiger partial charge in [0.15, 0.2) is 16.1 Å². The zero-order chi connectivity index (χ0) is 77.9. The van der Waals surface area contributed by atoms with Crippen molar-refractivity contribution in [1.82, 2.24) is 13.7 Å². The van der Waals surface area contributed by atoms with Crippen LogP contribution >= 0.6 is 0 Å². The number of para-hydroxylation sites is 5. The van der Waals surface area contributed by atoms with Crippen LogP contribution in [0.4, 0.5) is 0 Å². The second-order valence-corrected chi connectivity index (χ2v) is 40.4. The summed E-state index contributed by atoms with van der Waals surface area (Å²) in [5.74, 6) is -0.0600. The van der Waals surface area contributed by atoms with Crippen molar-refractivity contribution in [1.29, 1.82) is 0 Å². The fourth-order valence-corrected chi connectivity index (χ4v) is 32.7. The Bertz CT molecular complexity index is 7520. The average Bonchev–Trinajstić information content (AvgIpc) is 0.845. The highest BCUT2D eigenvalue weighted by Crippen LogP contribution is 2.51. The molecule has 2 aliphatic heterocycles. The van der Waals surface area contributed by atoms with Crippen molar-refractivity contribution < 1.29 is 0 Å². The summed E-state index contributed by atoms with van der Waals surface area (Å²) in [6.45, 7) is 4.55.